The van der Waals surface area contributed by atoms with Crippen molar-refractivity contribution < 1.29 is 17.4 Å². The Morgan fingerprint density at radius 1 is 0.842 bits per heavy atom. The lowest BCUT2D eigenvalue weighted by molar-refractivity contribution is -0.131. The molecule has 0 rings (SSSR count). The van der Waals surface area contributed by atoms with Gasteiger partial charge in [-0.15, -0.1) is 0 Å². The van der Waals surface area contributed by atoms with Gasteiger partial charge in [-0.1, -0.05) is 64.7 Å². The summed E-state index contributed by atoms with van der Waals surface area (Å²) in [5, 5.41) is 0. The Balaban J connectivity index is 3.34. The van der Waals surface area contributed by atoms with Crippen LogP contribution in [0.5, 0.6) is 0 Å². The Morgan fingerprint density at radius 3 is 1.68 bits per heavy atom. The lowest BCUT2D eigenvalue weighted by atomic mass is 10.1. The van der Waals surface area contributed by atoms with E-state index in [2.05, 4.69) is 11.1 Å². The summed E-state index contributed by atoms with van der Waals surface area (Å²) in [6, 6.07) is 0. The van der Waals surface area contributed by atoms with E-state index in [4.69, 9.17) is 0 Å². The second kappa shape index (κ2) is 11.3. The van der Waals surface area contributed by atoms with E-state index < -0.39 is 16.1 Å². The predicted molar refractivity (Wildman–Crippen MR) is 77.4 cm³/mol. The van der Waals surface area contributed by atoms with Crippen LogP contribution in [-0.2, 0) is 19.1 Å². The van der Waals surface area contributed by atoms with Gasteiger partial charge in [0.2, 0.25) is 0 Å². The molecular weight excluding hydrogens is 264 g/mol. The number of hydrogen-bond donors (Lipinski definition) is 0. The fourth-order valence-corrected chi connectivity index (χ4v) is 2.99. The van der Waals surface area contributed by atoms with Crippen LogP contribution in [0.15, 0.2) is 0 Å². The van der Waals surface area contributed by atoms with Gasteiger partial charge >= 0.3 is 16.1 Å². The molecule has 0 atom stereocenters. The predicted octanol–water partition coefficient (Wildman–Crippen LogP) is 3.80. The van der Waals surface area contributed by atoms with E-state index in [9.17, 15) is 13.2 Å². The highest BCUT2D eigenvalue weighted by Crippen LogP contribution is 2.11. The van der Waals surface area contributed by atoms with E-state index in [1.54, 1.807) is 0 Å². The summed E-state index contributed by atoms with van der Waals surface area (Å²) in [5.41, 5.74) is 0. The monoisotopic (exact) mass is 292 g/mol. The molecule has 0 saturated heterocycles. The maximum absolute atomic E-state index is 11.2. The average molecular weight is 292 g/mol. The molecule has 19 heavy (non-hydrogen) atoms. The largest absolute Gasteiger partial charge is 0.346 e. The molecule has 0 aromatic heterocycles. The van der Waals surface area contributed by atoms with Crippen molar-refractivity contribution in [2.24, 2.45) is 0 Å². The van der Waals surface area contributed by atoms with Crippen LogP contribution in [0.25, 0.3) is 0 Å². The van der Waals surface area contributed by atoms with Crippen molar-refractivity contribution in [3.05, 3.63) is 0 Å². The highest BCUT2D eigenvalue weighted by atomic mass is 32.2. The Hall–Kier alpha value is -0.580. The molecule has 0 aliphatic rings. The van der Waals surface area contributed by atoms with E-state index in [1.807, 2.05) is 0 Å². The Labute approximate surface area is 118 Å². The topological polar surface area (TPSA) is 60.4 Å². The SMILES string of the molecule is CCCCCCCCCCCCS(=O)(=O)OC(C)=O. The molecule has 0 radical (unpaired) electrons. The summed E-state index contributed by atoms with van der Waals surface area (Å²) >= 11 is 0. The molecule has 0 fully saturated rings. The van der Waals surface area contributed by atoms with E-state index >= 15 is 0 Å². The fraction of sp³-hybridized carbons (Fsp3) is 0.929. The van der Waals surface area contributed by atoms with Gasteiger partial charge < -0.3 is 4.18 Å². The van der Waals surface area contributed by atoms with Crippen LogP contribution in [0.4, 0.5) is 0 Å². The number of carbonyl (C=O) groups is 1. The molecule has 0 N–H and O–H groups in total. The first kappa shape index (κ1) is 18.4. The van der Waals surface area contributed by atoms with Crippen molar-refractivity contribution in [3.63, 3.8) is 0 Å². The zero-order chi connectivity index (χ0) is 14.6. The third-order valence-electron chi connectivity index (χ3n) is 2.99. The zero-order valence-electron chi connectivity index (χ0n) is 12.3. The molecule has 0 bridgehead atoms. The molecule has 5 heteroatoms. The van der Waals surface area contributed by atoms with Gasteiger partial charge in [0.15, 0.2) is 0 Å². The van der Waals surface area contributed by atoms with Crippen LogP contribution in [0.3, 0.4) is 0 Å². The Kier molecular flexibility index (Phi) is 10.9. The molecule has 0 aliphatic heterocycles. The summed E-state index contributed by atoms with van der Waals surface area (Å²) in [7, 11) is -3.64. The van der Waals surface area contributed by atoms with E-state index in [0.29, 0.717) is 6.42 Å². The molecule has 0 saturated carbocycles. The summed E-state index contributed by atoms with van der Waals surface area (Å²) in [4.78, 5) is 10.5. The lowest BCUT2D eigenvalue weighted by Gasteiger charge is -2.04. The molecule has 0 heterocycles. The minimum atomic E-state index is -3.64. The van der Waals surface area contributed by atoms with Gasteiger partial charge in [-0.05, 0) is 6.42 Å². The summed E-state index contributed by atoms with van der Waals surface area (Å²) in [5.74, 6) is -0.810. The van der Waals surface area contributed by atoms with Crippen LogP contribution >= 0.6 is 0 Å². The van der Waals surface area contributed by atoms with Crippen molar-refractivity contribution in [1.29, 1.82) is 0 Å². The smallest absolute Gasteiger partial charge is 0.319 e. The standard InChI is InChI=1S/C14H28O4S/c1-3-4-5-6-7-8-9-10-11-12-13-19(16,17)18-14(2)15/h3-13H2,1-2H3. The van der Waals surface area contributed by atoms with Gasteiger partial charge in [-0.3, -0.25) is 4.79 Å². The van der Waals surface area contributed by atoms with E-state index in [1.165, 1.54) is 44.9 Å². The molecule has 114 valence electrons. The number of hydrogen-bond acceptors (Lipinski definition) is 4. The van der Waals surface area contributed by atoms with Gasteiger partial charge in [0, 0.05) is 6.92 Å². The molecule has 0 aromatic rings. The number of rotatable bonds is 12. The molecule has 0 spiro atoms. The summed E-state index contributed by atoms with van der Waals surface area (Å²) in [6.07, 6.45) is 11.5. The van der Waals surface area contributed by atoms with Crippen LogP contribution < -0.4 is 0 Å². The summed E-state index contributed by atoms with van der Waals surface area (Å²) in [6.45, 7) is 3.32. The van der Waals surface area contributed by atoms with E-state index in [-0.39, 0.29) is 5.75 Å². The van der Waals surface area contributed by atoms with Crippen molar-refractivity contribution >= 4 is 16.1 Å². The fourth-order valence-electron chi connectivity index (χ4n) is 1.99. The molecule has 0 unspecified atom stereocenters. The van der Waals surface area contributed by atoms with E-state index in [0.717, 1.165) is 19.8 Å². The van der Waals surface area contributed by atoms with Crippen molar-refractivity contribution in [3.8, 4) is 0 Å². The van der Waals surface area contributed by atoms with Crippen molar-refractivity contribution in [1.82, 2.24) is 0 Å². The van der Waals surface area contributed by atoms with Crippen LogP contribution in [0.2, 0.25) is 0 Å². The maximum Gasteiger partial charge on any atom is 0.319 e. The van der Waals surface area contributed by atoms with Crippen LogP contribution in [0.1, 0.15) is 78.1 Å². The van der Waals surface area contributed by atoms with Gasteiger partial charge in [-0.25, -0.2) is 0 Å². The first-order valence-corrected chi connectivity index (χ1v) is 8.98. The number of unbranched alkanes of at least 4 members (excludes halogenated alkanes) is 9. The minimum absolute atomic E-state index is 0.0525. The second-order valence-electron chi connectivity index (χ2n) is 5.02. The van der Waals surface area contributed by atoms with Gasteiger partial charge in [0.25, 0.3) is 0 Å². The van der Waals surface area contributed by atoms with Gasteiger partial charge in [-0.2, -0.15) is 8.42 Å². The Bertz CT molecular complexity index is 322. The third-order valence-corrected chi connectivity index (χ3v) is 4.27. The highest BCUT2D eigenvalue weighted by Gasteiger charge is 2.13. The zero-order valence-corrected chi connectivity index (χ0v) is 13.1. The van der Waals surface area contributed by atoms with Crippen LogP contribution in [-0.4, -0.2) is 20.1 Å². The number of carbonyl (C=O) groups excluding carboxylic acids is 1. The average Bonchev–Trinajstić information content (AvgIpc) is 2.30. The quantitative estimate of drug-likeness (QED) is 0.405. The van der Waals surface area contributed by atoms with Gasteiger partial charge in [0.05, 0.1) is 5.75 Å². The van der Waals surface area contributed by atoms with Crippen LogP contribution in [0, 0.1) is 0 Å². The molecular formula is C14H28O4S. The normalized spacial score (nSPS) is 11.5. The maximum atomic E-state index is 11.2. The van der Waals surface area contributed by atoms with Crippen molar-refractivity contribution in [2.45, 2.75) is 78.1 Å². The molecule has 4 nitrogen and oxygen atoms in total. The minimum Gasteiger partial charge on any atom is -0.346 e. The van der Waals surface area contributed by atoms with Crippen molar-refractivity contribution in [2.75, 3.05) is 5.75 Å². The molecule has 0 amide bonds. The lowest BCUT2D eigenvalue weighted by Crippen LogP contribution is -2.13. The molecule has 0 aliphatic carbocycles. The first-order valence-electron chi connectivity index (χ1n) is 7.40. The Morgan fingerprint density at radius 2 is 1.26 bits per heavy atom. The third kappa shape index (κ3) is 13.6. The summed E-state index contributed by atoms with van der Waals surface area (Å²) < 4.78 is 26.7. The second-order valence-corrected chi connectivity index (χ2v) is 6.71. The van der Waals surface area contributed by atoms with Gasteiger partial charge in [0.1, 0.15) is 0 Å². The highest BCUT2D eigenvalue weighted by molar-refractivity contribution is 7.87. The first-order chi connectivity index (χ1) is 8.98. The molecule has 0 aromatic carbocycles.